The first-order chi connectivity index (χ1) is 20.8. The molecular formula is C33H56N6O5. The average Bonchev–Trinajstić information content (AvgIpc) is 3.32. The van der Waals surface area contributed by atoms with Gasteiger partial charge in [-0.05, 0) is 111 Å². The van der Waals surface area contributed by atoms with Gasteiger partial charge >= 0.3 is 12.2 Å². The zero-order chi connectivity index (χ0) is 32.4. The Balaban J connectivity index is 1.61. The minimum Gasteiger partial charge on any atom is -0.444 e. The first kappa shape index (κ1) is 36.9. The number of hydrogen-bond donors (Lipinski definition) is 5. The monoisotopic (exact) mass is 616 g/mol. The van der Waals surface area contributed by atoms with E-state index >= 15 is 0 Å². The number of unbranched alkanes of at least 4 members (excludes halogenated alkanes) is 2. The number of nitrogens with zero attached hydrogens (tertiary/aromatic N) is 1. The maximum Gasteiger partial charge on any atom is 0.407 e. The third-order valence-electron chi connectivity index (χ3n) is 6.62. The van der Waals surface area contributed by atoms with E-state index in [0.717, 1.165) is 81.3 Å². The second-order valence-corrected chi connectivity index (χ2v) is 13.1. The van der Waals surface area contributed by atoms with Crippen molar-refractivity contribution in [3.05, 3.63) is 36.0 Å². The minimum absolute atomic E-state index is 0.0228. The van der Waals surface area contributed by atoms with Crippen molar-refractivity contribution < 1.29 is 23.9 Å². The number of aromatic amines is 1. The standard InChI is InChI=1S/C33H56N6O5/c1-32(2,3)43-30(41)36-17-10-12-22-39(23-13-18-37-31(42)44-33(4,5)6)21-11-9-16-34-19-20-35-29(40)24-26-25-38-28-15-8-7-14-27(26)28/h7-8,14-15,25,34,38H,9-13,16-24H2,1-6H3,(H,35,40)(H,36,41)(H,37,42). The molecule has 2 rings (SSSR count). The van der Waals surface area contributed by atoms with Gasteiger partial charge in [0, 0.05) is 43.3 Å². The maximum absolute atomic E-state index is 12.4. The fourth-order valence-electron chi connectivity index (χ4n) is 4.62. The summed E-state index contributed by atoms with van der Waals surface area (Å²) < 4.78 is 10.6. The summed E-state index contributed by atoms with van der Waals surface area (Å²) in [5, 5.41) is 13.2. The van der Waals surface area contributed by atoms with E-state index < -0.39 is 17.3 Å². The molecule has 5 N–H and O–H groups in total. The molecule has 0 radical (unpaired) electrons. The van der Waals surface area contributed by atoms with Crippen LogP contribution in [0.4, 0.5) is 9.59 Å². The molecule has 0 aliphatic rings. The number of carbonyl (C=O) groups is 3. The van der Waals surface area contributed by atoms with Crippen molar-refractivity contribution in [2.24, 2.45) is 0 Å². The summed E-state index contributed by atoms with van der Waals surface area (Å²) in [6.07, 6.45) is 6.19. The van der Waals surface area contributed by atoms with Crippen molar-refractivity contribution >= 4 is 29.0 Å². The van der Waals surface area contributed by atoms with E-state index in [9.17, 15) is 14.4 Å². The van der Waals surface area contributed by atoms with Gasteiger partial charge in [-0.15, -0.1) is 0 Å². The fourth-order valence-corrected chi connectivity index (χ4v) is 4.62. The molecule has 248 valence electrons. The molecule has 0 saturated carbocycles. The average molecular weight is 617 g/mol. The Morgan fingerprint density at radius 2 is 1.27 bits per heavy atom. The highest BCUT2D eigenvalue weighted by Crippen LogP contribution is 2.18. The number of benzene rings is 1. The predicted molar refractivity (Wildman–Crippen MR) is 176 cm³/mol. The third kappa shape index (κ3) is 17.1. The van der Waals surface area contributed by atoms with Crippen molar-refractivity contribution in [1.29, 1.82) is 0 Å². The van der Waals surface area contributed by atoms with Gasteiger partial charge in [0.15, 0.2) is 0 Å². The summed E-state index contributed by atoms with van der Waals surface area (Å²) in [7, 11) is 0. The van der Waals surface area contributed by atoms with Gasteiger partial charge in [-0.2, -0.15) is 0 Å². The highest BCUT2D eigenvalue weighted by Gasteiger charge is 2.17. The summed E-state index contributed by atoms with van der Waals surface area (Å²) >= 11 is 0. The summed E-state index contributed by atoms with van der Waals surface area (Å²) in [5.41, 5.74) is 1.04. The van der Waals surface area contributed by atoms with Gasteiger partial charge in [-0.25, -0.2) is 9.59 Å². The van der Waals surface area contributed by atoms with Crippen LogP contribution in [-0.4, -0.2) is 91.5 Å². The number of para-hydroxylation sites is 1. The van der Waals surface area contributed by atoms with Crippen LogP contribution in [0, 0.1) is 0 Å². The van der Waals surface area contributed by atoms with Gasteiger partial charge in [-0.3, -0.25) is 4.79 Å². The van der Waals surface area contributed by atoms with Gasteiger partial charge in [0.2, 0.25) is 5.91 Å². The smallest absolute Gasteiger partial charge is 0.407 e. The van der Waals surface area contributed by atoms with Crippen molar-refractivity contribution in [3.63, 3.8) is 0 Å². The summed E-state index contributed by atoms with van der Waals surface area (Å²) in [4.78, 5) is 41.8. The van der Waals surface area contributed by atoms with E-state index in [1.54, 1.807) is 0 Å². The number of aromatic nitrogens is 1. The normalized spacial score (nSPS) is 11.9. The summed E-state index contributed by atoms with van der Waals surface area (Å²) in [5.74, 6) is 0.0228. The van der Waals surface area contributed by atoms with Crippen molar-refractivity contribution in [2.45, 2.75) is 91.3 Å². The van der Waals surface area contributed by atoms with Crippen LogP contribution in [0.3, 0.4) is 0 Å². The number of H-pyrrole nitrogens is 1. The van der Waals surface area contributed by atoms with E-state index in [2.05, 4.69) is 31.2 Å². The molecule has 11 heteroatoms. The third-order valence-corrected chi connectivity index (χ3v) is 6.62. The first-order valence-electron chi connectivity index (χ1n) is 16.0. The molecule has 1 aromatic carbocycles. The molecule has 0 saturated heterocycles. The lowest BCUT2D eigenvalue weighted by Gasteiger charge is -2.23. The molecule has 0 spiro atoms. The van der Waals surface area contributed by atoms with Crippen LogP contribution in [0.15, 0.2) is 30.5 Å². The van der Waals surface area contributed by atoms with Gasteiger partial charge in [-0.1, -0.05) is 18.2 Å². The molecule has 0 aliphatic carbocycles. The van der Waals surface area contributed by atoms with E-state index in [4.69, 9.17) is 9.47 Å². The molecule has 0 atom stereocenters. The zero-order valence-corrected chi connectivity index (χ0v) is 27.8. The predicted octanol–water partition coefficient (Wildman–Crippen LogP) is 4.72. The van der Waals surface area contributed by atoms with Crippen LogP contribution in [0.1, 0.15) is 79.2 Å². The van der Waals surface area contributed by atoms with Crippen molar-refractivity contribution in [1.82, 2.24) is 31.2 Å². The lowest BCUT2D eigenvalue weighted by Crippen LogP contribution is -2.35. The molecule has 0 fully saturated rings. The van der Waals surface area contributed by atoms with E-state index in [-0.39, 0.29) is 12.0 Å². The number of alkyl carbamates (subject to hydrolysis) is 2. The van der Waals surface area contributed by atoms with Crippen LogP contribution in [-0.2, 0) is 20.7 Å². The van der Waals surface area contributed by atoms with Gasteiger partial charge in [0.05, 0.1) is 6.42 Å². The second kappa shape index (κ2) is 19.2. The van der Waals surface area contributed by atoms with Crippen LogP contribution in [0.2, 0.25) is 0 Å². The molecule has 1 heterocycles. The molecule has 0 bridgehead atoms. The second-order valence-electron chi connectivity index (χ2n) is 13.1. The van der Waals surface area contributed by atoms with E-state index in [1.807, 2.05) is 72.0 Å². The van der Waals surface area contributed by atoms with E-state index in [0.29, 0.717) is 26.1 Å². The lowest BCUT2D eigenvalue weighted by atomic mass is 10.1. The topological polar surface area (TPSA) is 137 Å². The molecule has 3 amide bonds. The molecule has 0 aliphatic heterocycles. The SMILES string of the molecule is CC(C)(C)OC(=O)NCCCCN(CCCCNCCNC(=O)Cc1c[nH]c2ccccc12)CCCNC(=O)OC(C)(C)C. The molecule has 0 unspecified atom stereocenters. The van der Waals surface area contributed by atoms with Crippen LogP contribution in [0.5, 0.6) is 0 Å². The van der Waals surface area contributed by atoms with Gasteiger partial charge in [0.1, 0.15) is 11.2 Å². The Bertz CT molecular complexity index is 1140. The number of fused-ring (bicyclic) bond motifs is 1. The van der Waals surface area contributed by atoms with Crippen LogP contribution < -0.4 is 21.3 Å². The van der Waals surface area contributed by atoms with Crippen LogP contribution >= 0.6 is 0 Å². The largest absolute Gasteiger partial charge is 0.444 e. The lowest BCUT2D eigenvalue weighted by molar-refractivity contribution is -0.120. The number of nitrogens with one attached hydrogen (secondary N) is 5. The molecular weight excluding hydrogens is 560 g/mol. The highest BCUT2D eigenvalue weighted by molar-refractivity contribution is 5.88. The van der Waals surface area contributed by atoms with E-state index in [1.165, 1.54) is 0 Å². The van der Waals surface area contributed by atoms with Gasteiger partial charge in [0.25, 0.3) is 0 Å². The van der Waals surface area contributed by atoms with Crippen LogP contribution in [0.25, 0.3) is 10.9 Å². The fraction of sp³-hybridized carbons (Fsp3) is 0.667. The minimum atomic E-state index is -0.513. The Hall–Kier alpha value is -3.31. The number of ether oxygens (including phenoxy) is 2. The Labute approximate surface area is 263 Å². The number of carbonyl (C=O) groups excluding carboxylic acids is 3. The quantitative estimate of drug-likeness (QED) is 0.144. The molecule has 1 aromatic heterocycles. The zero-order valence-electron chi connectivity index (χ0n) is 27.8. The number of hydrogen-bond acceptors (Lipinski definition) is 7. The Kier molecular flexibility index (Phi) is 16.1. The van der Waals surface area contributed by atoms with Crippen molar-refractivity contribution in [3.8, 4) is 0 Å². The summed E-state index contributed by atoms with van der Waals surface area (Å²) in [6.45, 7) is 17.2. The summed E-state index contributed by atoms with van der Waals surface area (Å²) in [6, 6.07) is 8.00. The Morgan fingerprint density at radius 3 is 1.91 bits per heavy atom. The van der Waals surface area contributed by atoms with Crippen molar-refractivity contribution in [2.75, 3.05) is 52.4 Å². The molecule has 44 heavy (non-hydrogen) atoms. The number of amides is 3. The highest BCUT2D eigenvalue weighted by atomic mass is 16.6. The maximum atomic E-state index is 12.4. The Morgan fingerprint density at radius 1 is 0.705 bits per heavy atom. The number of rotatable bonds is 19. The molecule has 11 nitrogen and oxygen atoms in total. The molecule has 2 aromatic rings. The van der Waals surface area contributed by atoms with Gasteiger partial charge < -0.3 is 40.6 Å². The first-order valence-corrected chi connectivity index (χ1v) is 16.0.